The lowest BCUT2D eigenvalue weighted by atomic mass is 10.1. The fourth-order valence-corrected chi connectivity index (χ4v) is 2.15. The zero-order chi connectivity index (χ0) is 11.5. The van der Waals surface area contributed by atoms with Gasteiger partial charge in [-0.2, -0.15) is 4.37 Å². The molecule has 0 fully saturated rings. The Morgan fingerprint density at radius 3 is 2.94 bits per heavy atom. The molecule has 0 aliphatic heterocycles. The topological polar surface area (TPSA) is 39.2 Å². The molecule has 2 rings (SSSR count). The van der Waals surface area contributed by atoms with E-state index in [1.54, 1.807) is 12.1 Å². The predicted octanol–water partition coefficient (Wildman–Crippen LogP) is 2.77. The third-order valence-corrected chi connectivity index (χ3v) is 2.91. The van der Waals surface area contributed by atoms with Crippen LogP contribution in [0.2, 0.25) is 0 Å². The van der Waals surface area contributed by atoms with Crippen LogP contribution < -0.4 is 4.74 Å². The lowest BCUT2D eigenvalue weighted by Crippen LogP contribution is -1.89. The SMILES string of the molecule is COc1cc(-c2c(F)cccc2C=O)sn1. The Morgan fingerprint density at radius 1 is 1.50 bits per heavy atom. The van der Waals surface area contributed by atoms with E-state index >= 15 is 0 Å². The highest BCUT2D eigenvalue weighted by Gasteiger charge is 2.13. The summed E-state index contributed by atoms with van der Waals surface area (Å²) in [6, 6.07) is 5.99. The Hall–Kier alpha value is -1.75. The average Bonchev–Trinajstić information content (AvgIpc) is 2.76. The molecule has 0 spiro atoms. The predicted molar refractivity (Wildman–Crippen MR) is 59.4 cm³/mol. The Bertz CT molecular complexity index is 524. The number of ether oxygens (including phenoxy) is 1. The molecule has 1 heterocycles. The summed E-state index contributed by atoms with van der Waals surface area (Å²) in [7, 11) is 1.49. The Labute approximate surface area is 95.7 Å². The molecule has 1 aromatic carbocycles. The number of hydrogen-bond donors (Lipinski definition) is 0. The maximum Gasteiger partial charge on any atom is 0.225 e. The van der Waals surface area contributed by atoms with Gasteiger partial charge in [-0.25, -0.2) is 4.39 Å². The van der Waals surface area contributed by atoms with Crippen molar-refractivity contribution < 1.29 is 13.9 Å². The number of rotatable bonds is 3. The largest absolute Gasteiger partial charge is 0.480 e. The van der Waals surface area contributed by atoms with Crippen molar-refractivity contribution in [3.8, 4) is 16.3 Å². The van der Waals surface area contributed by atoms with Gasteiger partial charge in [-0.05, 0) is 17.6 Å². The van der Waals surface area contributed by atoms with Crippen LogP contribution in [0, 0.1) is 5.82 Å². The molecule has 16 heavy (non-hydrogen) atoms. The molecule has 82 valence electrons. The number of aldehydes is 1. The first-order valence-corrected chi connectivity index (χ1v) is 5.28. The summed E-state index contributed by atoms with van der Waals surface area (Å²) < 4.78 is 22.5. The highest BCUT2D eigenvalue weighted by Crippen LogP contribution is 2.32. The van der Waals surface area contributed by atoms with E-state index in [4.69, 9.17) is 4.74 Å². The Morgan fingerprint density at radius 2 is 2.31 bits per heavy atom. The van der Waals surface area contributed by atoms with E-state index in [1.807, 2.05) is 0 Å². The van der Waals surface area contributed by atoms with E-state index in [0.717, 1.165) is 11.5 Å². The normalized spacial score (nSPS) is 10.1. The van der Waals surface area contributed by atoms with E-state index in [2.05, 4.69) is 4.37 Å². The molecule has 0 saturated carbocycles. The van der Waals surface area contributed by atoms with Crippen molar-refractivity contribution in [2.75, 3.05) is 7.11 Å². The van der Waals surface area contributed by atoms with Gasteiger partial charge in [-0.1, -0.05) is 12.1 Å². The first-order valence-electron chi connectivity index (χ1n) is 4.51. The van der Waals surface area contributed by atoms with Gasteiger partial charge in [0.25, 0.3) is 0 Å². The molecule has 0 saturated heterocycles. The van der Waals surface area contributed by atoms with E-state index in [1.165, 1.54) is 19.2 Å². The zero-order valence-corrected chi connectivity index (χ0v) is 9.25. The van der Waals surface area contributed by atoms with Crippen molar-refractivity contribution >= 4 is 17.8 Å². The molecule has 2 aromatic rings. The highest BCUT2D eigenvalue weighted by molar-refractivity contribution is 7.09. The second-order valence-corrected chi connectivity index (χ2v) is 3.86. The monoisotopic (exact) mass is 237 g/mol. The van der Waals surface area contributed by atoms with Crippen LogP contribution in [0.3, 0.4) is 0 Å². The first kappa shape index (κ1) is 10.8. The minimum atomic E-state index is -0.434. The lowest BCUT2D eigenvalue weighted by Gasteiger charge is -2.01. The number of methoxy groups -OCH3 is 1. The molecule has 5 heteroatoms. The summed E-state index contributed by atoms with van der Waals surface area (Å²) in [5, 5.41) is 0. The number of carbonyl (C=O) groups is 1. The van der Waals surface area contributed by atoms with Crippen molar-refractivity contribution in [2.45, 2.75) is 0 Å². The molecule has 0 bridgehead atoms. The lowest BCUT2D eigenvalue weighted by molar-refractivity contribution is 0.112. The van der Waals surface area contributed by atoms with Crippen molar-refractivity contribution in [3.05, 3.63) is 35.6 Å². The molecule has 0 N–H and O–H groups in total. The van der Waals surface area contributed by atoms with Gasteiger partial charge in [-0.15, -0.1) is 0 Å². The fraction of sp³-hybridized carbons (Fsp3) is 0.0909. The van der Waals surface area contributed by atoms with Crippen molar-refractivity contribution in [2.24, 2.45) is 0 Å². The highest BCUT2D eigenvalue weighted by atomic mass is 32.1. The van der Waals surface area contributed by atoms with Crippen LogP contribution in [0.5, 0.6) is 5.88 Å². The molecule has 1 aromatic heterocycles. The summed E-state index contributed by atoms with van der Waals surface area (Å²) in [5.74, 6) is -0.0176. The molecule has 0 atom stereocenters. The van der Waals surface area contributed by atoms with E-state index in [9.17, 15) is 9.18 Å². The number of carbonyl (C=O) groups excluding carboxylic acids is 1. The van der Waals surface area contributed by atoms with Crippen LogP contribution >= 0.6 is 11.5 Å². The second-order valence-electron chi connectivity index (χ2n) is 3.06. The number of aromatic nitrogens is 1. The third kappa shape index (κ3) is 1.81. The summed E-state index contributed by atoms with van der Waals surface area (Å²) >= 11 is 1.10. The van der Waals surface area contributed by atoms with Gasteiger partial charge in [0.15, 0.2) is 6.29 Å². The van der Waals surface area contributed by atoms with Gasteiger partial charge >= 0.3 is 0 Å². The molecule has 0 radical (unpaired) electrons. The summed E-state index contributed by atoms with van der Waals surface area (Å²) in [5.41, 5.74) is 0.588. The molecule has 0 amide bonds. The first-order chi connectivity index (χ1) is 7.76. The quantitative estimate of drug-likeness (QED) is 0.770. The minimum absolute atomic E-state index is 0.276. The number of hydrogen-bond acceptors (Lipinski definition) is 4. The van der Waals surface area contributed by atoms with Crippen LogP contribution in [-0.4, -0.2) is 17.8 Å². The van der Waals surface area contributed by atoms with Gasteiger partial charge in [-0.3, -0.25) is 4.79 Å². The summed E-state index contributed by atoms with van der Waals surface area (Å²) in [6.07, 6.45) is 0.630. The van der Waals surface area contributed by atoms with E-state index in [0.29, 0.717) is 22.6 Å². The Kier molecular flexibility index (Phi) is 2.96. The van der Waals surface area contributed by atoms with Gasteiger partial charge < -0.3 is 4.74 Å². The van der Waals surface area contributed by atoms with Gasteiger partial charge in [0.1, 0.15) is 5.82 Å². The van der Waals surface area contributed by atoms with Gasteiger partial charge in [0, 0.05) is 17.2 Å². The number of halogens is 1. The van der Waals surface area contributed by atoms with E-state index in [-0.39, 0.29) is 5.56 Å². The van der Waals surface area contributed by atoms with Crippen molar-refractivity contribution in [1.82, 2.24) is 4.37 Å². The second kappa shape index (κ2) is 4.40. The van der Waals surface area contributed by atoms with Gasteiger partial charge in [0.2, 0.25) is 5.88 Å². The van der Waals surface area contributed by atoms with Crippen LogP contribution in [0.1, 0.15) is 10.4 Å². The third-order valence-electron chi connectivity index (χ3n) is 2.12. The zero-order valence-electron chi connectivity index (χ0n) is 8.44. The number of nitrogens with zero attached hydrogens (tertiary/aromatic N) is 1. The fourth-order valence-electron chi connectivity index (χ4n) is 1.37. The maximum atomic E-state index is 13.6. The minimum Gasteiger partial charge on any atom is -0.480 e. The average molecular weight is 237 g/mol. The molecule has 0 unspecified atom stereocenters. The summed E-state index contributed by atoms with van der Waals surface area (Å²) in [6.45, 7) is 0. The standard InChI is InChI=1S/C11H8FNO2S/c1-15-10-5-9(16-13-10)11-7(6-14)3-2-4-8(11)12/h2-6H,1H3. The van der Waals surface area contributed by atoms with Crippen LogP contribution in [-0.2, 0) is 0 Å². The Balaban J connectivity index is 2.58. The molecular weight excluding hydrogens is 229 g/mol. The molecular formula is C11H8FNO2S. The molecule has 0 aliphatic rings. The maximum absolute atomic E-state index is 13.6. The van der Waals surface area contributed by atoms with Crippen LogP contribution in [0.25, 0.3) is 10.4 Å². The van der Waals surface area contributed by atoms with Crippen LogP contribution in [0.4, 0.5) is 4.39 Å². The smallest absolute Gasteiger partial charge is 0.225 e. The van der Waals surface area contributed by atoms with E-state index < -0.39 is 5.82 Å². The summed E-state index contributed by atoms with van der Waals surface area (Å²) in [4.78, 5) is 11.4. The molecule has 0 aliphatic carbocycles. The van der Waals surface area contributed by atoms with Crippen LogP contribution in [0.15, 0.2) is 24.3 Å². The van der Waals surface area contributed by atoms with Crippen molar-refractivity contribution in [3.63, 3.8) is 0 Å². The molecule has 3 nitrogen and oxygen atoms in total. The van der Waals surface area contributed by atoms with Crippen molar-refractivity contribution in [1.29, 1.82) is 0 Å². The van der Waals surface area contributed by atoms with Gasteiger partial charge in [0.05, 0.1) is 12.0 Å². The number of benzene rings is 1.